The van der Waals surface area contributed by atoms with Gasteiger partial charge >= 0.3 is 0 Å². The van der Waals surface area contributed by atoms with E-state index in [0.717, 1.165) is 50.4 Å². The minimum atomic E-state index is -1.51. The fourth-order valence-electron chi connectivity index (χ4n) is 5.92. The summed E-state index contributed by atoms with van der Waals surface area (Å²) in [5, 5.41) is 13.1. The fourth-order valence-corrected chi connectivity index (χ4v) is 7.06. The summed E-state index contributed by atoms with van der Waals surface area (Å²) in [7, 11) is 0.545. The van der Waals surface area contributed by atoms with E-state index in [0.29, 0.717) is 5.75 Å². The second-order valence-electron chi connectivity index (χ2n) is 16.8. The van der Waals surface area contributed by atoms with E-state index in [2.05, 4.69) is 154 Å². The number of para-hydroxylation sites is 1. The van der Waals surface area contributed by atoms with Crippen LogP contribution in [-0.2, 0) is 23.3 Å². The number of fused-ring (bicyclic) bond motifs is 1. The molecule has 0 bridgehead atoms. The number of hydrogen-bond donors (Lipinski definition) is 1. The standard InChI is InChI=1S/C40H51N3OSi/c1-38(2,3)27-20-25(19-26(21-27)33-24-29(17-18-41-33)45(11,12)13)30-15-14-16-34-35(30)42-37(43(34)10)31-22-28(39(4,5)6)23-32(36(31)44)40(7,8)9/h14-24,44H,1-13H3. The molecule has 0 saturated heterocycles. The maximum atomic E-state index is 11.7. The number of aryl methyl sites for hydroxylation is 1. The Hall–Kier alpha value is -3.70. The van der Waals surface area contributed by atoms with Crippen LogP contribution in [0.2, 0.25) is 19.6 Å². The van der Waals surface area contributed by atoms with Crippen LogP contribution in [-0.4, -0.2) is 27.7 Å². The van der Waals surface area contributed by atoms with E-state index in [4.69, 9.17) is 9.97 Å². The van der Waals surface area contributed by atoms with Crippen molar-refractivity contribution in [3.8, 4) is 39.5 Å². The molecule has 2 aromatic heterocycles. The number of benzene rings is 3. The Balaban J connectivity index is 1.77. The van der Waals surface area contributed by atoms with E-state index in [1.165, 1.54) is 16.3 Å². The van der Waals surface area contributed by atoms with Crippen LogP contribution in [0.25, 0.3) is 44.8 Å². The van der Waals surface area contributed by atoms with Gasteiger partial charge < -0.3 is 9.67 Å². The molecule has 0 radical (unpaired) electrons. The Morgan fingerprint density at radius 3 is 1.91 bits per heavy atom. The van der Waals surface area contributed by atoms with Crippen molar-refractivity contribution in [3.05, 3.63) is 83.6 Å². The van der Waals surface area contributed by atoms with Gasteiger partial charge in [-0.2, -0.15) is 0 Å². The fraction of sp³-hybridized carbons (Fsp3) is 0.400. The van der Waals surface area contributed by atoms with Gasteiger partial charge in [-0.1, -0.05) is 111 Å². The number of phenols is 1. The smallest absolute Gasteiger partial charge is 0.144 e. The quantitative estimate of drug-likeness (QED) is 0.204. The first-order valence-electron chi connectivity index (χ1n) is 16.1. The summed E-state index contributed by atoms with van der Waals surface area (Å²) in [5.41, 5.74) is 10.1. The Labute approximate surface area is 271 Å². The molecule has 0 aliphatic heterocycles. The molecule has 0 atom stereocenters. The van der Waals surface area contributed by atoms with Gasteiger partial charge in [0.2, 0.25) is 0 Å². The molecule has 3 aromatic carbocycles. The van der Waals surface area contributed by atoms with Crippen LogP contribution >= 0.6 is 0 Å². The van der Waals surface area contributed by atoms with Gasteiger partial charge in [0.05, 0.1) is 30.4 Å². The molecule has 0 aliphatic carbocycles. The van der Waals surface area contributed by atoms with Gasteiger partial charge in [0, 0.05) is 29.9 Å². The van der Waals surface area contributed by atoms with E-state index in [9.17, 15) is 5.11 Å². The second kappa shape index (κ2) is 11.0. The van der Waals surface area contributed by atoms with Crippen molar-refractivity contribution in [2.75, 3.05) is 0 Å². The molecule has 0 unspecified atom stereocenters. The monoisotopic (exact) mass is 617 g/mol. The lowest BCUT2D eigenvalue weighted by molar-refractivity contribution is 0.446. The highest BCUT2D eigenvalue weighted by Crippen LogP contribution is 2.43. The first kappa shape index (κ1) is 32.7. The number of aromatic hydroxyl groups is 1. The van der Waals surface area contributed by atoms with Crippen molar-refractivity contribution in [3.63, 3.8) is 0 Å². The van der Waals surface area contributed by atoms with Crippen LogP contribution in [0.15, 0.2) is 66.9 Å². The van der Waals surface area contributed by atoms with Crippen LogP contribution < -0.4 is 5.19 Å². The maximum absolute atomic E-state index is 11.7. The minimum absolute atomic E-state index is 0.0487. The summed E-state index contributed by atoms with van der Waals surface area (Å²) < 4.78 is 2.13. The Bertz CT molecular complexity index is 1900. The van der Waals surface area contributed by atoms with Crippen molar-refractivity contribution in [1.29, 1.82) is 0 Å². The largest absolute Gasteiger partial charge is 0.507 e. The van der Waals surface area contributed by atoms with E-state index < -0.39 is 8.07 Å². The molecule has 236 valence electrons. The Morgan fingerprint density at radius 2 is 1.31 bits per heavy atom. The molecular formula is C40H51N3OSi. The van der Waals surface area contributed by atoms with Gasteiger partial charge in [0.25, 0.3) is 0 Å². The normalized spacial score (nSPS) is 13.1. The molecule has 2 heterocycles. The first-order valence-corrected chi connectivity index (χ1v) is 19.6. The lowest BCUT2D eigenvalue weighted by Gasteiger charge is -2.27. The van der Waals surface area contributed by atoms with Crippen molar-refractivity contribution < 1.29 is 5.11 Å². The highest BCUT2D eigenvalue weighted by atomic mass is 28.3. The molecule has 1 N–H and O–H groups in total. The van der Waals surface area contributed by atoms with Crippen molar-refractivity contribution in [1.82, 2.24) is 14.5 Å². The number of pyridine rings is 1. The highest BCUT2D eigenvalue weighted by Gasteiger charge is 2.28. The van der Waals surface area contributed by atoms with E-state index >= 15 is 0 Å². The van der Waals surface area contributed by atoms with Crippen molar-refractivity contribution in [2.24, 2.45) is 7.05 Å². The van der Waals surface area contributed by atoms with Gasteiger partial charge in [-0.05, 0) is 69.3 Å². The molecule has 0 amide bonds. The molecule has 5 rings (SSSR count). The van der Waals surface area contributed by atoms with E-state index in [-0.39, 0.29) is 16.2 Å². The summed E-state index contributed by atoms with van der Waals surface area (Å²) >= 11 is 0. The van der Waals surface area contributed by atoms with Crippen LogP contribution in [0.4, 0.5) is 0 Å². The zero-order valence-corrected chi connectivity index (χ0v) is 30.6. The van der Waals surface area contributed by atoms with Crippen molar-refractivity contribution in [2.45, 2.75) is 98.2 Å². The lowest BCUT2D eigenvalue weighted by Crippen LogP contribution is -2.37. The van der Waals surface area contributed by atoms with Gasteiger partial charge in [-0.25, -0.2) is 4.98 Å². The van der Waals surface area contributed by atoms with Crippen LogP contribution in [0.1, 0.15) is 79.0 Å². The van der Waals surface area contributed by atoms with Gasteiger partial charge in [0.15, 0.2) is 0 Å². The Morgan fingerprint density at radius 1 is 0.689 bits per heavy atom. The maximum Gasteiger partial charge on any atom is 0.144 e. The van der Waals surface area contributed by atoms with Gasteiger partial charge in [-0.15, -0.1) is 0 Å². The van der Waals surface area contributed by atoms with Crippen molar-refractivity contribution >= 4 is 24.3 Å². The number of hydrogen-bond acceptors (Lipinski definition) is 3. The Kier molecular flexibility index (Phi) is 7.97. The molecule has 0 fully saturated rings. The molecule has 5 aromatic rings. The molecule has 5 heteroatoms. The topological polar surface area (TPSA) is 50.9 Å². The number of aromatic nitrogens is 3. The van der Waals surface area contributed by atoms with Crippen LogP contribution in [0.3, 0.4) is 0 Å². The summed E-state index contributed by atoms with van der Waals surface area (Å²) in [6.07, 6.45) is 1.96. The zero-order chi connectivity index (χ0) is 33.3. The van der Waals surface area contributed by atoms with Gasteiger partial charge in [-0.3, -0.25) is 4.98 Å². The van der Waals surface area contributed by atoms with E-state index in [1.807, 2.05) is 6.20 Å². The third kappa shape index (κ3) is 6.37. The molecule has 4 nitrogen and oxygen atoms in total. The number of rotatable bonds is 4. The summed E-state index contributed by atoms with van der Waals surface area (Å²) in [6.45, 7) is 27.0. The molecular weight excluding hydrogens is 567 g/mol. The SMILES string of the molecule is Cn1c(-c2cc(C(C)(C)C)cc(C(C)(C)C)c2O)nc2c(-c3cc(-c4cc([Si](C)(C)C)ccn4)cc(C(C)(C)C)c3)cccc21. The lowest BCUT2D eigenvalue weighted by atomic mass is 9.79. The molecule has 0 saturated carbocycles. The summed E-state index contributed by atoms with van der Waals surface area (Å²) in [6, 6.07) is 22.0. The average Bonchev–Trinajstić information content (AvgIpc) is 3.27. The second-order valence-corrected chi connectivity index (χ2v) is 21.9. The van der Waals surface area contributed by atoms with Crippen LogP contribution in [0, 0.1) is 0 Å². The average molecular weight is 618 g/mol. The number of nitrogens with zero attached hydrogens (tertiary/aromatic N) is 3. The predicted molar refractivity (Wildman–Crippen MR) is 196 cm³/mol. The zero-order valence-electron chi connectivity index (χ0n) is 29.6. The first-order chi connectivity index (χ1) is 20.7. The van der Waals surface area contributed by atoms with Gasteiger partial charge in [0.1, 0.15) is 11.6 Å². The summed E-state index contributed by atoms with van der Waals surface area (Å²) in [5.74, 6) is 1.07. The number of imidazole rings is 1. The number of phenolic OH excluding ortho intramolecular Hbond substituents is 1. The van der Waals surface area contributed by atoms with Crippen LogP contribution in [0.5, 0.6) is 5.75 Å². The molecule has 45 heavy (non-hydrogen) atoms. The summed E-state index contributed by atoms with van der Waals surface area (Å²) in [4.78, 5) is 10.1. The minimum Gasteiger partial charge on any atom is -0.507 e. The predicted octanol–water partition coefficient (Wildman–Crippen LogP) is 10.1. The molecule has 0 spiro atoms. The third-order valence-electron chi connectivity index (χ3n) is 8.97. The highest BCUT2D eigenvalue weighted by molar-refractivity contribution is 6.88. The third-order valence-corrected chi connectivity index (χ3v) is 11.0. The van der Waals surface area contributed by atoms with E-state index in [1.54, 1.807) is 0 Å². The molecule has 0 aliphatic rings.